The van der Waals surface area contributed by atoms with Crippen LogP contribution in [0.15, 0.2) is 85.2 Å². The normalized spacial score (nSPS) is 24.1. The molecular weight excluding hydrogens is 814 g/mol. The Bertz CT molecular complexity index is 2460. The summed E-state index contributed by atoms with van der Waals surface area (Å²) in [5, 5.41) is 14.8. The van der Waals surface area contributed by atoms with Crippen molar-refractivity contribution in [2.45, 2.75) is 101 Å². The molecule has 63 heavy (non-hydrogen) atoms. The maximum Gasteiger partial charge on any atom is 0.329 e. The van der Waals surface area contributed by atoms with Crippen molar-refractivity contribution in [3.8, 4) is 34.4 Å². The molecule has 0 radical (unpaired) electrons. The first kappa shape index (κ1) is 42.9. The highest BCUT2D eigenvalue weighted by Crippen LogP contribution is 2.58. The highest BCUT2D eigenvalue weighted by Gasteiger charge is 2.54. The van der Waals surface area contributed by atoms with Gasteiger partial charge in [-0.2, -0.15) is 0 Å². The molecule has 0 saturated heterocycles. The van der Waals surface area contributed by atoms with Gasteiger partial charge >= 0.3 is 5.97 Å². The predicted octanol–water partition coefficient (Wildman–Crippen LogP) is 9.94. The van der Waals surface area contributed by atoms with Gasteiger partial charge in [0.2, 0.25) is 0 Å². The lowest BCUT2D eigenvalue weighted by Crippen LogP contribution is -2.53. The van der Waals surface area contributed by atoms with Gasteiger partial charge in [0.25, 0.3) is 0 Å². The number of aliphatic carboxylic acids is 1. The molecule has 9 rings (SSSR count). The first-order chi connectivity index (χ1) is 30.5. The number of benzene rings is 3. The van der Waals surface area contributed by atoms with E-state index < -0.39 is 11.5 Å². The van der Waals surface area contributed by atoms with Crippen LogP contribution in [0.4, 0.5) is 5.69 Å². The van der Waals surface area contributed by atoms with Crippen molar-refractivity contribution in [1.29, 1.82) is 0 Å². The Kier molecular flexibility index (Phi) is 12.3. The molecule has 2 unspecified atom stereocenters. The molecular formula is C51H58ClN5O6. The lowest BCUT2D eigenvalue weighted by Gasteiger charge is -2.47. The number of carbonyl (C=O) groups is 1. The predicted molar refractivity (Wildman–Crippen MR) is 244 cm³/mol. The molecule has 1 spiro atoms. The van der Waals surface area contributed by atoms with Crippen molar-refractivity contribution < 1.29 is 28.8 Å². The van der Waals surface area contributed by atoms with Crippen LogP contribution in [0.5, 0.6) is 23.0 Å². The number of para-hydroxylation sites is 1. The van der Waals surface area contributed by atoms with Crippen LogP contribution >= 0.6 is 11.6 Å². The Morgan fingerprint density at radius 1 is 1.02 bits per heavy atom. The number of nitrogens with one attached hydrogen (secondary N) is 1. The third kappa shape index (κ3) is 8.79. The molecule has 1 fully saturated rings. The molecule has 330 valence electrons. The van der Waals surface area contributed by atoms with Crippen LogP contribution in [0.3, 0.4) is 0 Å². The van der Waals surface area contributed by atoms with Crippen LogP contribution in [-0.2, 0) is 29.6 Å². The number of methoxy groups -OCH3 is 1. The van der Waals surface area contributed by atoms with Gasteiger partial charge in [-0.15, -0.1) is 0 Å². The highest BCUT2D eigenvalue weighted by atomic mass is 35.5. The zero-order valence-electron chi connectivity index (χ0n) is 36.7. The van der Waals surface area contributed by atoms with Gasteiger partial charge in [-0.3, -0.25) is 9.88 Å². The summed E-state index contributed by atoms with van der Waals surface area (Å²) in [4.78, 5) is 29.5. The number of rotatable bonds is 14. The number of anilines is 1. The smallest absolute Gasteiger partial charge is 0.329 e. The Balaban J connectivity index is 0.938. The van der Waals surface area contributed by atoms with Crippen LogP contribution in [-0.4, -0.2) is 76.5 Å². The monoisotopic (exact) mass is 871 g/mol. The first-order valence-electron chi connectivity index (χ1n) is 22.5. The van der Waals surface area contributed by atoms with E-state index in [1.807, 2.05) is 54.7 Å². The van der Waals surface area contributed by atoms with Crippen LogP contribution in [0.25, 0.3) is 11.4 Å². The van der Waals surface area contributed by atoms with Crippen molar-refractivity contribution >= 4 is 23.3 Å². The molecule has 1 saturated carbocycles. The number of aromatic nitrogens is 3. The van der Waals surface area contributed by atoms with E-state index in [4.69, 9.17) is 40.5 Å². The number of ether oxygens (including phenoxy) is 4. The van der Waals surface area contributed by atoms with E-state index in [0.717, 1.165) is 84.9 Å². The third-order valence-corrected chi connectivity index (χ3v) is 14.3. The SMILES string of the molecule is COc1ccccc1-c1nccc(CN(C)CC2COc3cc4c(cc3O2)C2(CCC(Nc3cccc(Cl)c3)(C(=O)O)CC2)C(C[C@@H](C)COc2ccnc3c2[C@H](C)CCC3)C4)n1. The number of likely N-dealkylation sites (N-methyl/N-ethyl adjacent to an activating group) is 1. The first-order valence-corrected chi connectivity index (χ1v) is 22.9. The molecule has 2 N–H and O–H groups in total. The molecule has 11 nitrogen and oxygen atoms in total. The number of aryl methyl sites for hydroxylation is 1. The second kappa shape index (κ2) is 18.0. The fraction of sp³-hybridized carbons (Fsp3) is 0.451. The largest absolute Gasteiger partial charge is 0.496 e. The zero-order valence-corrected chi connectivity index (χ0v) is 37.5. The third-order valence-electron chi connectivity index (χ3n) is 14.1. The Labute approximate surface area is 375 Å². The molecule has 3 heterocycles. The highest BCUT2D eigenvalue weighted by molar-refractivity contribution is 6.30. The molecule has 3 aromatic carbocycles. The summed E-state index contributed by atoms with van der Waals surface area (Å²) in [5.74, 6) is 3.99. The van der Waals surface area contributed by atoms with Crippen LogP contribution < -0.4 is 24.3 Å². The summed E-state index contributed by atoms with van der Waals surface area (Å²) in [5.41, 5.74) is 6.08. The van der Waals surface area contributed by atoms with E-state index in [1.165, 1.54) is 22.4 Å². The molecule has 4 aliphatic rings. The summed E-state index contributed by atoms with van der Waals surface area (Å²) in [6, 6.07) is 23.5. The number of carboxylic acids is 1. The minimum absolute atomic E-state index is 0.198. The van der Waals surface area contributed by atoms with Crippen molar-refractivity contribution in [2.24, 2.45) is 11.8 Å². The van der Waals surface area contributed by atoms with Crippen molar-refractivity contribution in [3.05, 3.63) is 118 Å². The second-order valence-electron chi connectivity index (χ2n) is 18.5. The molecule has 4 atom stereocenters. The van der Waals surface area contributed by atoms with E-state index in [2.05, 4.69) is 48.2 Å². The van der Waals surface area contributed by atoms with Crippen molar-refractivity contribution in [2.75, 3.05) is 39.2 Å². The second-order valence-corrected chi connectivity index (χ2v) is 18.9. The topological polar surface area (TPSA) is 128 Å². The number of hydrogen-bond acceptors (Lipinski definition) is 10. The van der Waals surface area contributed by atoms with Gasteiger partial charge in [-0.1, -0.05) is 43.6 Å². The van der Waals surface area contributed by atoms with Crippen molar-refractivity contribution in [3.63, 3.8) is 0 Å². The molecule has 0 amide bonds. The number of pyridine rings is 1. The van der Waals surface area contributed by atoms with E-state index in [0.29, 0.717) is 55.9 Å². The Morgan fingerprint density at radius 3 is 2.65 bits per heavy atom. The number of carboxylic acid groups (broad SMARTS) is 1. The Hall–Kier alpha value is -5.39. The van der Waals surface area contributed by atoms with Gasteiger partial charge in [-0.25, -0.2) is 14.8 Å². The molecule has 12 heteroatoms. The number of fused-ring (bicyclic) bond motifs is 4. The molecule has 5 aromatic rings. The van der Waals surface area contributed by atoms with Gasteiger partial charge in [0, 0.05) is 47.5 Å². The van der Waals surface area contributed by atoms with Crippen LogP contribution in [0.1, 0.15) is 92.8 Å². The van der Waals surface area contributed by atoms with Crippen LogP contribution in [0.2, 0.25) is 5.02 Å². The number of hydrogen-bond donors (Lipinski definition) is 2. The lowest BCUT2D eigenvalue weighted by molar-refractivity contribution is -0.144. The average Bonchev–Trinajstić information content (AvgIpc) is 3.55. The number of halogens is 1. The van der Waals surface area contributed by atoms with E-state index in [-0.39, 0.29) is 23.4 Å². The standard InChI is InChI=1S/C51H58ClN5O6/c1-32(30-61-44-16-22-53-42-13-7-9-33(2)47(42)44)23-35-24-34-25-45-46(27-41(34)50(35)17-19-51(20-18-50,49(58)59)56-37-11-8-10-36(52)26-37)63-39(31-62-45)29-57(3)28-38-15-21-54-48(55-38)40-12-5-6-14-43(40)60-4/h5-6,8,10-12,14-16,21-22,25-27,32-33,35,39,56H,7,9,13,17-20,23-24,28-31H2,1-4H3,(H,58,59)/t32-,33-,35?,39?,50?,51?/m1/s1. The minimum atomic E-state index is -1.11. The van der Waals surface area contributed by atoms with Crippen molar-refractivity contribution in [1.82, 2.24) is 19.9 Å². The number of nitrogens with zero attached hydrogens (tertiary/aromatic N) is 4. The minimum Gasteiger partial charge on any atom is -0.496 e. The molecule has 1 aliphatic heterocycles. The Morgan fingerprint density at radius 2 is 1.84 bits per heavy atom. The molecule has 0 bridgehead atoms. The summed E-state index contributed by atoms with van der Waals surface area (Å²) in [6.45, 7) is 6.85. The molecule has 3 aliphatic carbocycles. The van der Waals surface area contributed by atoms with Gasteiger partial charge in [-0.05, 0) is 154 Å². The summed E-state index contributed by atoms with van der Waals surface area (Å²) >= 11 is 6.35. The van der Waals surface area contributed by atoms with E-state index in [9.17, 15) is 9.90 Å². The van der Waals surface area contributed by atoms with Gasteiger partial charge in [0.1, 0.15) is 29.7 Å². The lowest BCUT2D eigenvalue weighted by atomic mass is 9.59. The van der Waals surface area contributed by atoms with Gasteiger partial charge < -0.3 is 29.4 Å². The van der Waals surface area contributed by atoms with Gasteiger partial charge in [0.05, 0.1) is 25.0 Å². The quantitative estimate of drug-likeness (QED) is 0.111. The average molecular weight is 873 g/mol. The fourth-order valence-electron chi connectivity index (χ4n) is 10.9. The summed E-state index contributed by atoms with van der Waals surface area (Å²) in [7, 11) is 3.72. The van der Waals surface area contributed by atoms with Crippen LogP contribution in [0, 0.1) is 11.8 Å². The maximum absolute atomic E-state index is 13.2. The molecule has 2 aromatic heterocycles. The van der Waals surface area contributed by atoms with Gasteiger partial charge in [0.15, 0.2) is 17.3 Å². The maximum atomic E-state index is 13.2. The summed E-state index contributed by atoms with van der Waals surface area (Å²) in [6.07, 6.45) is 11.0. The van der Waals surface area contributed by atoms with E-state index >= 15 is 0 Å². The fourth-order valence-corrected chi connectivity index (χ4v) is 11.1. The van der Waals surface area contributed by atoms with E-state index in [1.54, 1.807) is 25.4 Å². The summed E-state index contributed by atoms with van der Waals surface area (Å²) < 4.78 is 25.5. The zero-order chi connectivity index (χ0) is 43.7.